The smallest absolute Gasteiger partial charge is 0.228 e. The average molecular weight is 466 g/mol. The van der Waals surface area contributed by atoms with Crippen LogP contribution in [0.3, 0.4) is 0 Å². The first kappa shape index (κ1) is 22.5. The van der Waals surface area contributed by atoms with Gasteiger partial charge in [-0.1, -0.05) is 42.5 Å². The summed E-state index contributed by atoms with van der Waals surface area (Å²) in [5.74, 6) is -2.11. The van der Waals surface area contributed by atoms with E-state index in [2.05, 4.69) is 11.1 Å². The van der Waals surface area contributed by atoms with Gasteiger partial charge in [0.25, 0.3) is 0 Å². The molecule has 5 atom stereocenters. The zero-order valence-electron chi connectivity index (χ0n) is 19.1. The monoisotopic (exact) mass is 466 g/mol. The van der Waals surface area contributed by atoms with Gasteiger partial charge in [0.05, 0.1) is 23.1 Å². The molecule has 2 N–H and O–H groups in total. The molecular weight excluding hydrogens is 444 g/mol. The number of pyridine rings is 1. The molecule has 1 fully saturated rings. The van der Waals surface area contributed by atoms with Crippen molar-refractivity contribution in [2.24, 2.45) is 5.92 Å². The summed E-state index contributed by atoms with van der Waals surface area (Å²) in [6.07, 6.45) is -0.277. The summed E-state index contributed by atoms with van der Waals surface area (Å²) in [4.78, 5) is 19.2. The molecule has 3 aromatic rings. The predicted molar refractivity (Wildman–Crippen MR) is 124 cm³/mol. The molecule has 0 unspecified atom stereocenters. The van der Waals surface area contributed by atoms with Gasteiger partial charge >= 0.3 is 0 Å². The lowest BCUT2D eigenvalue weighted by Crippen LogP contribution is -2.52. The zero-order valence-corrected chi connectivity index (χ0v) is 19.1. The van der Waals surface area contributed by atoms with Gasteiger partial charge in [0, 0.05) is 32.3 Å². The fourth-order valence-corrected chi connectivity index (χ4v) is 5.58. The van der Waals surface area contributed by atoms with Crippen molar-refractivity contribution in [3.63, 3.8) is 0 Å². The Kier molecular flexibility index (Phi) is 5.10. The van der Waals surface area contributed by atoms with E-state index >= 15 is 0 Å². The highest BCUT2D eigenvalue weighted by Crippen LogP contribution is 2.68. The Bertz CT molecular complexity index is 1390. The van der Waals surface area contributed by atoms with Gasteiger partial charge in [-0.15, -0.1) is 0 Å². The molecule has 1 saturated carbocycles. The van der Waals surface area contributed by atoms with Crippen LogP contribution in [0.1, 0.15) is 33.9 Å². The van der Waals surface area contributed by atoms with E-state index in [-0.39, 0.29) is 22.9 Å². The maximum atomic E-state index is 13.5. The van der Waals surface area contributed by atoms with Gasteiger partial charge < -0.3 is 19.8 Å². The standard InChI is InChI=1S/C27H22N4O4/c1-31(2)25(33)21-22(18-6-4-3-5-7-18)27(19-10-8-16(13-28)9-11-19)26(34,24(21)32)23-20(35-27)12-17(14-29)15-30-23/h3-12,15,21-22,24,32,34H,1-2H3/t21-,22-,24-,26+,27+/m1/s1. The van der Waals surface area contributed by atoms with E-state index in [1.54, 1.807) is 38.4 Å². The fraction of sp³-hybridized carbons (Fsp3) is 0.259. The number of aromatic nitrogens is 1. The first-order chi connectivity index (χ1) is 16.8. The van der Waals surface area contributed by atoms with Gasteiger partial charge in [-0.2, -0.15) is 10.5 Å². The maximum absolute atomic E-state index is 13.5. The summed E-state index contributed by atoms with van der Waals surface area (Å²) in [6, 6.07) is 21.2. The van der Waals surface area contributed by atoms with E-state index < -0.39 is 29.1 Å². The topological polar surface area (TPSA) is 130 Å². The number of aliphatic hydroxyl groups excluding tert-OH is 1. The molecule has 0 bridgehead atoms. The minimum Gasteiger partial charge on any atom is -0.476 e. The van der Waals surface area contributed by atoms with E-state index in [4.69, 9.17) is 4.74 Å². The molecule has 8 heteroatoms. The summed E-state index contributed by atoms with van der Waals surface area (Å²) in [7, 11) is 3.19. The van der Waals surface area contributed by atoms with Crippen molar-refractivity contribution >= 4 is 5.91 Å². The molecule has 35 heavy (non-hydrogen) atoms. The van der Waals surface area contributed by atoms with E-state index in [0.29, 0.717) is 16.7 Å². The normalized spacial score (nSPS) is 28.2. The Morgan fingerprint density at radius 3 is 2.31 bits per heavy atom. The molecular formula is C27H22N4O4. The summed E-state index contributed by atoms with van der Waals surface area (Å²) in [6.45, 7) is 0. The molecule has 174 valence electrons. The Labute approximate surface area is 202 Å². The lowest BCUT2D eigenvalue weighted by Gasteiger charge is -2.40. The van der Waals surface area contributed by atoms with E-state index in [1.165, 1.54) is 17.2 Å². The number of nitriles is 2. The van der Waals surface area contributed by atoms with Crippen LogP contribution in [-0.4, -0.2) is 46.2 Å². The van der Waals surface area contributed by atoms with Gasteiger partial charge in [-0.25, -0.2) is 0 Å². The summed E-state index contributed by atoms with van der Waals surface area (Å²) < 4.78 is 6.54. The van der Waals surface area contributed by atoms with E-state index in [9.17, 15) is 25.5 Å². The number of rotatable bonds is 3. The molecule has 1 aromatic heterocycles. The SMILES string of the molecule is CN(C)C(=O)[C@H]1[C@@H](O)[C@@]2(O)c3ncc(C#N)cc3O[C@@]2(c2ccc(C#N)cc2)[C@@H]1c1ccccc1. The third-order valence-corrected chi connectivity index (χ3v) is 7.07. The average Bonchev–Trinajstić information content (AvgIpc) is 3.26. The minimum atomic E-state index is -2.12. The summed E-state index contributed by atoms with van der Waals surface area (Å²) in [5, 5.41) is 42.9. The van der Waals surface area contributed by atoms with Gasteiger partial charge in [0.1, 0.15) is 23.6 Å². The summed E-state index contributed by atoms with van der Waals surface area (Å²) in [5.41, 5.74) is -1.94. The van der Waals surface area contributed by atoms with Gasteiger partial charge in [-0.3, -0.25) is 9.78 Å². The lowest BCUT2D eigenvalue weighted by molar-refractivity contribution is -0.157. The number of aliphatic hydroxyl groups is 2. The molecule has 0 spiro atoms. The van der Waals surface area contributed by atoms with Crippen LogP contribution in [0.25, 0.3) is 0 Å². The largest absolute Gasteiger partial charge is 0.476 e. The second-order valence-electron chi connectivity index (χ2n) is 9.07. The van der Waals surface area contributed by atoms with Crippen LogP contribution in [0.15, 0.2) is 66.9 Å². The van der Waals surface area contributed by atoms with Crippen molar-refractivity contribution in [2.75, 3.05) is 14.1 Å². The van der Waals surface area contributed by atoms with Crippen molar-refractivity contribution in [3.8, 4) is 17.9 Å². The van der Waals surface area contributed by atoms with Crippen molar-refractivity contribution in [1.82, 2.24) is 9.88 Å². The Balaban J connectivity index is 1.86. The van der Waals surface area contributed by atoms with Crippen molar-refractivity contribution in [2.45, 2.75) is 23.2 Å². The second-order valence-corrected chi connectivity index (χ2v) is 9.07. The molecule has 1 aliphatic carbocycles. The number of benzene rings is 2. The number of ether oxygens (including phenoxy) is 1. The van der Waals surface area contributed by atoms with Crippen LogP contribution in [0.2, 0.25) is 0 Å². The Morgan fingerprint density at radius 2 is 1.71 bits per heavy atom. The highest BCUT2D eigenvalue weighted by atomic mass is 16.5. The first-order valence-corrected chi connectivity index (χ1v) is 11.1. The van der Waals surface area contributed by atoms with Crippen LogP contribution < -0.4 is 4.74 Å². The van der Waals surface area contributed by atoms with E-state index in [0.717, 1.165) is 0 Å². The molecule has 0 saturated heterocycles. The minimum absolute atomic E-state index is 0.0587. The molecule has 0 radical (unpaired) electrons. The number of hydrogen-bond acceptors (Lipinski definition) is 7. The molecule has 8 nitrogen and oxygen atoms in total. The summed E-state index contributed by atoms with van der Waals surface area (Å²) >= 11 is 0. The molecule has 2 heterocycles. The highest BCUT2D eigenvalue weighted by molar-refractivity contribution is 5.82. The van der Waals surface area contributed by atoms with Crippen molar-refractivity contribution < 1.29 is 19.7 Å². The van der Waals surface area contributed by atoms with Crippen molar-refractivity contribution in [1.29, 1.82) is 10.5 Å². The first-order valence-electron chi connectivity index (χ1n) is 11.1. The fourth-order valence-electron chi connectivity index (χ4n) is 5.58. The number of nitrogens with zero attached hydrogens (tertiary/aromatic N) is 4. The Morgan fingerprint density at radius 1 is 1.06 bits per heavy atom. The number of amides is 1. The quantitative estimate of drug-likeness (QED) is 0.605. The Hall–Kier alpha value is -4.24. The van der Waals surface area contributed by atoms with Crippen LogP contribution in [0.5, 0.6) is 5.75 Å². The number of carbonyl (C=O) groups is 1. The molecule has 5 rings (SSSR count). The van der Waals surface area contributed by atoms with Crippen LogP contribution in [0, 0.1) is 28.6 Å². The molecule has 2 aliphatic rings. The van der Waals surface area contributed by atoms with Crippen LogP contribution in [0.4, 0.5) is 0 Å². The van der Waals surface area contributed by atoms with Gasteiger partial charge in [0.2, 0.25) is 5.91 Å². The molecule has 1 aliphatic heterocycles. The van der Waals surface area contributed by atoms with E-state index in [1.807, 2.05) is 36.4 Å². The lowest BCUT2D eigenvalue weighted by atomic mass is 9.71. The number of fused-ring (bicyclic) bond motifs is 3. The number of carbonyl (C=O) groups excluding carboxylic acids is 1. The third kappa shape index (κ3) is 2.91. The second kappa shape index (κ2) is 7.92. The molecule has 1 amide bonds. The number of hydrogen-bond donors (Lipinski definition) is 2. The zero-order chi connectivity index (χ0) is 25.0. The molecule has 2 aromatic carbocycles. The maximum Gasteiger partial charge on any atom is 0.228 e. The van der Waals surface area contributed by atoms with Gasteiger partial charge in [-0.05, 0) is 23.3 Å². The van der Waals surface area contributed by atoms with Gasteiger partial charge in [0.15, 0.2) is 11.2 Å². The predicted octanol–water partition coefficient (Wildman–Crippen LogP) is 2.16. The third-order valence-electron chi connectivity index (χ3n) is 7.07. The highest BCUT2D eigenvalue weighted by Gasteiger charge is 2.78. The van der Waals surface area contributed by atoms with Crippen molar-refractivity contribution in [3.05, 3.63) is 94.8 Å². The van der Waals surface area contributed by atoms with Crippen LogP contribution in [-0.2, 0) is 16.0 Å². The van der Waals surface area contributed by atoms with Crippen LogP contribution >= 0.6 is 0 Å².